The summed E-state index contributed by atoms with van der Waals surface area (Å²) in [4.78, 5) is 23.0. The fraction of sp³-hybridized carbons (Fsp3) is 0.250. The number of carbonyl (C=O) groups excluding carboxylic acids is 2. The van der Waals surface area contributed by atoms with Crippen molar-refractivity contribution in [2.45, 2.75) is 0 Å². The highest BCUT2D eigenvalue weighted by atomic mass is 79.9. The third-order valence-electron chi connectivity index (χ3n) is 2.99. The summed E-state index contributed by atoms with van der Waals surface area (Å²) in [6, 6.07) is 10.8. The molecule has 0 fully saturated rings. The average molecular weight is 381 g/mol. The molecule has 0 aliphatic heterocycles. The van der Waals surface area contributed by atoms with Gasteiger partial charge in [0.15, 0.2) is 6.61 Å². The van der Waals surface area contributed by atoms with Crippen molar-refractivity contribution in [2.75, 3.05) is 26.9 Å². The molecule has 0 bridgehead atoms. The number of urea groups is 1. The summed E-state index contributed by atoms with van der Waals surface area (Å²) >= 11 is 3.42. The number of amides is 3. The molecule has 0 aromatic heterocycles. The normalized spacial score (nSPS) is 10.3. The fourth-order valence-corrected chi connectivity index (χ4v) is 2.29. The molecule has 6 nitrogen and oxygen atoms in total. The van der Waals surface area contributed by atoms with Gasteiger partial charge in [0.05, 0.1) is 6.61 Å². The maximum absolute atomic E-state index is 11.6. The Morgan fingerprint density at radius 2 is 1.87 bits per heavy atom. The molecule has 2 aromatic rings. The number of imide groups is 1. The molecular formula is C16H17BrN2O4. The molecule has 122 valence electrons. The molecule has 0 atom stereocenters. The lowest BCUT2D eigenvalue weighted by Gasteiger charge is -2.08. The number of rotatable bonds is 6. The zero-order valence-electron chi connectivity index (χ0n) is 12.6. The lowest BCUT2D eigenvalue weighted by molar-refractivity contribution is -0.122. The van der Waals surface area contributed by atoms with Crippen LogP contribution in [0.3, 0.4) is 0 Å². The van der Waals surface area contributed by atoms with Crippen LogP contribution in [0.1, 0.15) is 0 Å². The molecular weight excluding hydrogens is 364 g/mol. The van der Waals surface area contributed by atoms with Gasteiger partial charge in [0.2, 0.25) is 0 Å². The van der Waals surface area contributed by atoms with E-state index in [1.165, 1.54) is 7.11 Å². The molecule has 0 saturated carbocycles. The maximum Gasteiger partial charge on any atom is 0.321 e. The molecule has 3 amide bonds. The summed E-state index contributed by atoms with van der Waals surface area (Å²) in [7, 11) is 1.53. The molecule has 23 heavy (non-hydrogen) atoms. The van der Waals surface area contributed by atoms with Gasteiger partial charge < -0.3 is 14.8 Å². The number of hydrogen-bond acceptors (Lipinski definition) is 4. The molecule has 2 rings (SSSR count). The lowest BCUT2D eigenvalue weighted by Crippen LogP contribution is -2.42. The van der Waals surface area contributed by atoms with Gasteiger partial charge in [0.25, 0.3) is 5.91 Å². The van der Waals surface area contributed by atoms with E-state index in [1.807, 2.05) is 30.3 Å². The Labute approximate surface area is 142 Å². The van der Waals surface area contributed by atoms with Crippen molar-refractivity contribution in [3.05, 3.63) is 40.9 Å². The van der Waals surface area contributed by atoms with Crippen LogP contribution < -0.4 is 15.4 Å². The van der Waals surface area contributed by atoms with E-state index in [2.05, 4.69) is 26.6 Å². The first-order valence-corrected chi connectivity index (χ1v) is 7.76. The van der Waals surface area contributed by atoms with Crippen molar-refractivity contribution >= 4 is 38.6 Å². The number of ether oxygens (including phenoxy) is 2. The summed E-state index contributed by atoms with van der Waals surface area (Å²) < 4.78 is 11.2. The molecule has 0 aliphatic rings. The number of benzene rings is 2. The van der Waals surface area contributed by atoms with Crippen LogP contribution in [-0.2, 0) is 9.53 Å². The molecule has 0 radical (unpaired) electrons. The first-order valence-electron chi connectivity index (χ1n) is 6.97. The Morgan fingerprint density at radius 1 is 1.13 bits per heavy atom. The minimum Gasteiger partial charge on any atom is -0.484 e. The SMILES string of the molecule is COCCNC(=O)NC(=O)COc1ccc2cc(Br)ccc2c1. The molecule has 2 N–H and O–H groups in total. The number of methoxy groups -OCH3 is 1. The summed E-state index contributed by atoms with van der Waals surface area (Å²) in [6.07, 6.45) is 0. The second-order valence-electron chi connectivity index (χ2n) is 4.74. The van der Waals surface area contributed by atoms with Gasteiger partial charge in [0.1, 0.15) is 5.75 Å². The van der Waals surface area contributed by atoms with Crippen LogP contribution in [0.5, 0.6) is 5.75 Å². The van der Waals surface area contributed by atoms with Crippen LogP contribution in [0.25, 0.3) is 10.8 Å². The quantitative estimate of drug-likeness (QED) is 0.754. The molecule has 2 aromatic carbocycles. The Hall–Kier alpha value is -2.12. The van der Waals surface area contributed by atoms with Gasteiger partial charge in [-0.2, -0.15) is 0 Å². The topological polar surface area (TPSA) is 76.7 Å². The minimum atomic E-state index is -0.570. The first-order chi connectivity index (χ1) is 11.1. The van der Waals surface area contributed by atoms with Gasteiger partial charge in [0, 0.05) is 18.1 Å². The van der Waals surface area contributed by atoms with Crippen LogP contribution in [-0.4, -0.2) is 38.8 Å². The highest BCUT2D eigenvalue weighted by molar-refractivity contribution is 9.10. The molecule has 0 saturated heterocycles. The molecule has 0 heterocycles. The zero-order chi connectivity index (χ0) is 16.7. The van der Waals surface area contributed by atoms with Gasteiger partial charge >= 0.3 is 6.03 Å². The first kappa shape index (κ1) is 17.2. The van der Waals surface area contributed by atoms with E-state index in [4.69, 9.17) is 9.47 Å². The van der Waals surface area contributed by atoms with E-state index < -0.39 is 11.9 Å². The van der Waals surface area contributed by atoms with Crippen LogP contribution >= 0.6 is 15.9 Å². The number of hydrogen-bond donors (Lipinski definition) is 2. The minimum absolute atomic E-state index is 0.236. The lowest BCUT2D eigenvalue weighted by atomic mass is 10.1. The third kappa shape index (κ3) is 5.54. The monoisotopic (exact) mass is 380 g/mol. The Morgan fingerprint density at radius 3 is 2.65 bits per heavy atom. The van der Waals surface area contributed by atoms with Gasteiger partial charge in [-0.25, -0.2) is 4.79 Å². The predicted octanol–water partition coefficient (Wildman–Crippen LogP) is 2.45. The number of carbonyl (C=O) groups is 2. The highest BCUT2D eigenvalue weighted by Gasteiger charge is 2.08. The van der Waals surface area contributed by atoms with Crippen molar-refractivity contribution < 1.29 is 19.1 Å². The van der Waals surface area contributed by atoms with Gasteiger partial charge in [-0.3, -0.25) is 10.1 Å². The van der Waals surface area contributed by atoms with Crippen LogP contribution in [0.2, 0.25) is 0 Å². The summed E-state index contributed by atoms with van der Waals surface area (Å²) in [6.45, 7) is 0.474. The number of fused-ring (bicyclic) bond motifs is 1. The van der Waals surface area contributed by atoms with E-state index in [0.717, 1.165) is 15.2 Å². The van der Waals surface area contributed by atoms with Crippen molar-refractivity contribution in [1.82, 2.24) is 10.6 Å². The number of nitrogens with one attached hydrogen (secondary N) is 2. The fourth-order valence-electron chi connectivity index (χ4n) is 1.91. The summed E-state index contributed by atoms with van der Waals surface area (Å²) in [5.74, 6) is 0.0468. The molecule has 0 aliphatic carbocycles. The second-order valence-corrected chi connectivity index (χ2v) is 5.65. The van der Waals surface area contributed by atoms with Gasteiger partial charge in [-0.05, 0) is 35.0 Å². The smallest absolute Gasteiger partial charge is 0.321 e. The number of halogens is 1. The van der Waals surface area contributed by atoms with Crippen LogP contribution in [0.15, 0.2) is 40.9 Å². The van der Waals surface area contributed by atoms with Gasteiger partial charge in [-0.15, -0.1) is 0 Å². The standard InChI is InChI=1S/C16H17BrN2O4/c1-22-7-6-18-16(21)19-15(20)10-23-14-5-3-11-8-13(17)4-2-12(11)9-14/h2-5,8-9H,6-7,10H2,1H3,(H2,18,19,20,21). The third-order valence-corrected chi connectivity index (χ3v) is 3.48. The maximum atomic E-state index is 11.6. The summed E-state index contributed by atoms with van der Waals surface area (Å²) in [5, 5.41) is 6.73. The molecule has 7 heteroatoms. The summed E-state index contributed by atoms with van der Waals surface area (Å²) in [5.41, 5.74) is 0. The van der Waals surface area contributed by atoms with Crippen molar-refractivity contribution in [3.8, 4) is 5.75 Å². The second kappa shape index (κ2) is 8.50. The molecule has 0 unspecified atom stereocenters. The average Bonchev–Trinajstić information content (AvgIpc) is 2.53. The van der Waals surface area contributed by atoms with Crippen molar-refractivity contribution in [3.63, 3.8) is 0 Å². The Kier molecular flexibility index (Phi) is 6.37. The zero-order valence-corrected chi connectivity index (χ0v) is 14.2. The van der Waals surface area contributed by atoms with E-state index in [9.17, 15) is 9.59 Å². The van der Waals surface area contributed by atoms with Crippen LogP contribution in [0, 0.1) is 0 Å². The van der Waals surface area contributed by atoms with E-state index in [0.29, 0.717) is 18.9 Å². The predicted molar refractivity (Wildman–Crippen MR) is 90.6 cm³/mol. The van der Waals surface area contributed by atoms with Crippen molar-refractivity contribution in [1.29, 1.82) is 0 Å². The van der Waals surface area contributed by atoms with Crippen LogP contribution in [0.4, 0.5) is 4.79 Å². The highest BCUT2D eigenvalue weighted by Crippen LogP contribution is 2.24. The Balaban J connectivity index is 1.84. The van der Waals surface area contributed by atoms with E-state index in [-0.39, 0.29) is 6.61 Å². The Bertz CT molecular complexity index is 706. The van der Waals surface area contributed by atoms with Gasteiger partial charge in [-0.1, -0.05) is 28.1 Å². The largest absolute Gasteiger partial charge is 0.484 e. The van der Waals surface area contributed by atoms with E-state index >= 15 is 0 Å². The molecule has 0 spiro atoms. The van der Waals surface area contributed by atoms with E-state index in [1.54, 1.807) is 6.07 Å². The van der Waals surface area contributed by atoms with Crippen molar-refractivity contribution in [2.24, 2.45) is 0 Å².